The highest BCUT2D eigenvalue weighted by atomic mass is 16.2. The van der Waals surface area contributed by atoms with Crippen molar-refractivity contribution in [3.8, 4) is 11.8 Å². The molecule has 100 valence electrons. The molecule has 0 aliphatic carbocycles. The Balaban J connectivity index is 2.11. The van der Waals surface area contributed by atoms with Gasteiger partial charge in [0.2, 0.25) is 5.91 Å². The monoisotopic (exact) mass is 257 g/mol. The highest BCUT2D eigenvalue weighted by Gasteiger charge is 2.18. The number of amides is 1. The third-order valence-electron chi connectivity index (χ3n) is 3.26. The van der Waals surface area contributed by atoms with Crippen LogP contribution in [0.3, 0.4) is 0 Å². The molecule has 0 bridgehead atoms. The van der Waals surface area contributed by atoms with Crippen LogP contribution in [-0.4, -0.2) is 29.1 Å². The minimum Gasteiger partial charge on any atom is -0.395 e. The summed E-state index contributed by atoms with van der Waals surface area (Å²) in [6, 6.07) is 7.91. The second-order valence-electron chi connectivity index (χ2n) is 4.70. The van der Waals surface area contributed by atoms with Gasteiger partial charge in [-0.15, -0.1) is 0 Å². The van der Waals surface area contributed by atoms with Crippen molar-refractivity contribution in [3.63, 3.8) is 0 Å². The van der Waals surface area contributed by atoms with Crippen LogP contribution in [-0.2, 0) is 11.3 Å². The van der Waals surface area contributed by atoms with Crippen molar-refractivity contribution in [2.24, 2.45) is 0 Å². The fourth-order valence-electron chi connectivity index (χ4n) is 2.23. The maximum Gasteiger partial charge on any atom is 0.222 e. The minimum atomic E-state index is 0.0831. The molecule has 1 fully saturated rings. The van der Waals surface area contributed by atoms with Gasteiger partial charge in [-0.1, -0.05) is 30.0 Å². The number of carbonyl (C=O) groups is 1. The quantitative estimate of drug-likeness (QED) is 0.841. The maximum absolute atomic E-state index is 11.8. The SMILES string of the molecule is O=C1CCCCN1Cc1ccccc1C#CCCO. The molecule has 1 aliphatic heterocycles. The summed E-state index contributed by atoms with van der Waals surface area (Å²) in [7, 11) is 0. The topological polar surface area (TPSA) is 40.5 Å². The maximum atomic E-state index is 11.8. The zero-order valence-corrected chi connectivity index (χ0v) is 11.1. The molecule has 1 N–H and O–H groups in total. The predicted molar refractivity (Wildman–Crippen MR) is 74.3 cm³/mol. The van der Waals surface area contributed by atoms with Crippen molar-refractivity contribution in [1.29, 1.82) is 0 Å². The second-order valence-corrected chi connectivity index (χ2v) is 4.70. The number of carbonyl (C=O) groups excluding carboxylic acids is 1. The van der Waals surface area contributed by atoms with E-state index in [1.165, 1.54) is 0 Å². The Morgan fingerprint density at radius 1 is 1.26 bits per heavy atom. The molecule has 0 saturated carbocycles. The molecule has 1 saturated heterocycles. The Morgan fingerprint density at radius 2 is 2.11 bits per heavy atom. The third-order valence-corrected chi connectivity index (χ3v) is 3.26. The zero-order valence-electron chi connectivity index (χ0n) is 11.1. The van der Waals surface area contributed by atoms with E-state index in [9.17, 15) is 4.79 Å². The van der Waals surface area contributed by atoms with Crippen LogP contribution < -0.4 is 0 Å². The summed E-state index contributed by atoms with van der Waals surface area (Å²) in [5, 5.41) is 8.75. The Morgan fingerprint density at radius 3 is 2.89 bits per heavy atom. The molecule has 0 unspecified atom stereocenters. The number of hydrogen-bond donors (Lipinski definition) is 1. The van der Waals surface area contributed by atoms with Crippen molar-refractivity contribution >= 4 is 5.91 Å². The van der Waals surface area contributed by atoms with Crippen LogP contribution in [0.25, 0.3) is 0 Å². The second kappa shape index (κ2) is 6.96. The van der Waals surface area contributed by atoms with Crippen LogP contribution >= 0.6 is 0 Å². The first kappa shape index (κ1) is 13.6. The minimum absolute atomic E-state index is 0.0831. The molecule has 3 nitrogen and oxygen atoms in total. The van der Waals surface area contributed by atoms with E-state index >= 15 is 0 Å². The Hall–Kier alpha value is -1.79. The molecule has 3 heteroatoms. The number of aliphatic hydroxyl groups is 1. The van der Waals surface area contributed by atoms with Crippen LogP contribution in [0.2, 0.25) is 0 Å². The van der Waals surface area contributed by atoms with E-state index in [4.69, 9.17) is 5.11 Å². The molecule has 1 aromatic rings. The molecule has 2 rings (SSSR count). The first-order valence-electron chi connectivity index (χ1n) is 6.76. The summed E-state index contributed by atoms with van der Waals surface area (Å²) < 4.78 is 0. The third kappa shape index (κ3) is 3.84. The van der Waals surface area contributed by atoms with Gasteiger partial charge < -0.3 is 10.0 Å². The molecule has 0 spiro atoms. The number of nitrogens with zero attached hydrogens (tertiary/aromatic N) is 1. The van der Waals surface area contributed by atoms with Crippen molar-refractivity contribution in [2.75, 3.05) is 13.2 Å². The molecule has 1 heterocycles. The lowest BCUT2D eigenvalue weighted by Gasteiger charge is -2.27. The van der Waals surface area contributed by atoms with Gasteiger partial charge in [0.15, 0.2) is 0 Å². The summed E-state index contributed by atoms with van der Waals surface area (Å²) in [5.41, 5.74) is 2.04. The van der Waals surface area contributed by atoms with Gasteiger partial charge in [-0.05, 0) is 24.5 Å². The lowest BCUT2D eigenvalue weighted by atomic mass is 10.0. The number of piperidine rings is 1. The first-order valence-corrected chi connectivity index (χ1v) is 6.76. The highest BCUT2D eigenvalue weighted by Crippen LogP contribution is 2.16. The lowest BCUT2D eigenvalue weighted by Crippen LogP contribution is -2.34. The van der Waals surface area contributed by atoms with Gasteiger partial charge in [-0.2, -0.15) is 0 Å². The van der Waals surface area contributed by atoms with Crippen LogP contribution in [0.5, 0.6) is 0 Å². The summed E-state index contributed by atoms with van der Waals surface area (Å²) in [6.07, 6.45) is 3.24. The molecule has 1 aliphatic rings. The van der Waals surface area contributed by atoms with Crippen molar-refractivity contribution in [2.45, 2.75) is 32.2 Å². The highest BCUT2D eigenvalue weighted by molar-refractivity contribution is 5.76. The summed E-state index contributed by atoms with van der Waals surface area (Å²) in [4.78, 5) is 13.7. The number of hydrogen-bond acceptors (Lipinski definition) is 2. The molecule has 19 heavy (non-hydrogen) atoms. The summed E-state index contributed by atoms with van der Waals surface area (Å²) in [5.74, 6) is 6.25. The smallest absolute Gasteiger partial charge is 0.222 e. The predicted octanol–water partition coefficient (Wildman–Crippen LogP) is 1.93. The fraction of sp³-hybridized carbons (Fsp3) is 0.438. The molecule has 0 aromatic heterocycles. The van der Waals surface area contributed by atoms with Gasteiger partial charge in [0.1, 0.15) is 0 Å². The average Bonchev–Trinajstić information content (AvgIpc) is 2.43. The standard InChI is InChI=1S/C16H19NO2/c18-12-6-4-8-14-7-1-2-9-15(14)13-17-11-5-3-10-16(17)19/h1-2,7,9,18H,3,5-6,10-13H2. The fourth-order valence-corrected chi connectivity index (χ4v) is 2.23. The normalized spacial score (nSPS) is 15.0. The van der Waals surface area contributed by atoms with Crippen molar-refractivity contribution in [3.05, 3.63) is 35.4 Å². The first-order chi connectivity index (χ1) is 9.31. The molecular weight excluding hydrogens is 238 g/mol. The molecule has 0 atom stereocenters. The number of rotatable bonds is 3. The van der Waals surface area contributed by atoms with E-state index in [1.807, 2.05) is 29.2 Å². The van der Waals surface area contributed by atoms with Crippen LogP contribution in [0.15, 0.2) is 24.3 Å². The molecule has 0 radical (unpaired) electrons. The number of likely N-dealkylation sites (tertiary alicyclic amines) is 1. The van der Waals surface area contributed by atoms with Crippen LogP contribution in [0, 0.1) is 11.8 Å². The van der Waals surface area contributed by atoms with Gasteiger partial charge in [-0.25, -0.2) is 0 Å². The van der Waals surface area contributed by atoms with Gasteiger partial charge in [0.05, 0.1) is 6.61 Å². The Kier molecular flexibility index (Phi) is 5.00. The van der Waals surface area contributed by atoms with Crippen molar-refractivity contribution in [1.82, 2.24) is 4.90 Å². The summed E-state index contributed by atoms with van der Waals surface area (Å²) in [6.45, 7) is 1.57. The number of benzene rings is 1. The van der Waals surface area contributed by atoms with E-state index in [2.05, 4.69) is 11.8 Å². The van der Waals surface area contributed by atoms with Crippen molar-refractivity contribution < 1.29 is 9.90 Å². The lowest BCUT2D eigenvalue weighted by molar-refractivity contribution is -0.133. The average molecular weight is 257 g/mol. The van der Waals surface area contributed by atoms with Gasteiger partial charge in [0.25, 0.3) is 0 Å². The van der Waals surface area contributed by atoms with Crippen LogP contribution in [0.4, 0.5) is 0 Å². The Labute approximate surface area is 114 Å². The summed E-state index contributed by atoms with van der Waals surface area (Å²) >= 11 is 0. The Bertz CT molecular complexity index is 499. The molecular formula is C16H19NO2. The molecule has 1 aromatic carbocycles. The van der Waals surface area contributed by atoms with E-state index in [-0.39, 0.29) is 12.5 Å². The van der Waals surface area contributed by atoms with E-state index < -0.39 is 0 Å². The largest absolute Gasteiger partial charge is 0.395 e. The van der Waals surface area contributed by atoms with Gasteiger partial charge in [0, 0.05) is 31.5 Å². The molecule has 1 amide bonds. The number of aliphatic hydroxyl groups excluding tert-OH is 1. The van der Waals surface area contributed by atoms with E-state index in [0.29, 0.717) is 19.4 Å². The van der Waals surface area contributed by atoms with E-state index in [0.717, 1.165) is 30.5 Å². The van der Waals surface area contributed by atoms with Gasteiger partial charge >= 0.3 is 0 Å². The van der Waals surface area contributed by atoms with E-state index in [1.54, 1.807) is 0 Å². The van der Waals surface area contributed by atoms with Crippen LogP contribution in [0.1, 0.15) is 36.8 Å². The van der Waals surface area contributed by atoms with Gasteiger partial charge in [-0.3, -0.25) is 4.79 Å². The zero-order chi connectivity index (χ0) is 13.5.